The van der Waals surface area contributed by atoms with Crippen molar-refractivity contribution in [1.82, 2.24) is 14.8 Å². The van der Waals surface area contributed by atoms with Crippen LogP contribution in [0.2, 0.25) is 0 Å². The number of hydrogen-bond donors (Lipinski definition) is 0. The number of amides is 1. The molecule has 1 aliphatic carbocycles. The standard InChI is InChI=1S/C24H28N4O2S2/c1-5-22(30)28(19-11-12-19)23-25-26-24(32-23)31-14-21(29)20-13-15(2)27(17(20)4)16(3)18-9-7-6-8-10-18/h6-10,13,16,19H,5,11-12,14H2,1-4H3/t16-/m0/s1. The monoisotopic (exact) mass is 468 g/mol. The van der Waals surface area contributed by atoms with Gasteiger partial charge in [-0.05, 0) is 45.2 Å². The molecule has 1 atom stereocenters. The fourth-order valence-corrected chi connectivity index (χ4v) is 5.88. The number of carbonyl (C=O) groups excluding carboxylic acids is 2. The number of Topliss-reactive ketones (excluding diaryl/α,β-unsaturated/α-hetero) is 1. The van der Waals surface area contributed by atoms with E-state index in [4.69, 9.17) is 0 Å². The first kappa shape index (κ1) is 22.7. The first-order chi connectivity index (χ1) is 15.4. The van der Waals surface area contributed by atoms with Crippen LogP contribution in [-0.4, -0.2) is 38.2 Å². The molecule has 1 saturated carbocycles. The maximum absolute atomic E-state index is 13.0. The van der Waals surface area contributed by atoms with Crippen molar-refractivity contribution < 1.29 is 9.59 Å². The van der Waals surface area contributed by atoms with Crippen LogP contribution in [0.5, 0.6) is 0 Å². The summed E-state index contributed by atoms with van der Waals surface area (Å²) < 4.78 is 2.94. The van der Waals surface area contributed by atoms with E-state index in [2.05, 4.69) is 33.8 Å². The summed E-state index contributed by atoms with van der Waals surface area (Å²) in [6, 6.07) is 12.7. The van der Waals surface area contributed by atoms with Crippen LogP contribution in [0.3, 0.4) is 0 Å². The quantitative estimate of drug-likeness (QED) is 0.237. The van der Waals surface area contributed by atoms with E-state index in [-0.39, 0.29) is 23.8 Å². The van der Waals surface area contributed by atoms with Gasteiger partial charge in [-0.25, -0.2) is 0 Å². The summed E-state index contributed by atoms with van der Waals surface area (Å²) >= 11 is 2.78. The van der Waals surface area contributed by atoms with Crippen molar-refractivity contribution in [3.63, 3.8) is 0 Å². The summed E-state index contributed by atoms with van der Waals surface area (Å²) in [6.07, 6.45) is 2.49. The number of rotatable bonds is 9. The molecule has 1 amide bonds. The minimum atomic E-state index is 0.0787. The number of nitrogens with zero attached hydrogens (tertiary/aromatic N) is 4. The average Bonchev–Trinajstić information content (AvgIpc) is 3.44. The topological polar surface area (TPSA) is 68.1 Å². The van der Waals surface area contributed by atoms with E-state index in [1.54, 1.807) is 4.90 Å². The van der Waals surface area contributed by atoms with Crippen molar-refractivity contribution in [2.75, 3.05) is 10.7 Å². The molecule has 6 nitrogen and oxygen atoms in total. The molecule has 0 unspecified atom stereocenters. The number of ketones is 1. The maximum atomic E-state index is 13.0. The molecular formula is C24H28N4O2S2. The van der Waals surface area contributed by atoms with Crippen molar-refractivity contribution in [2.24, 2.45) is 0 Å². The lowest BCUT2D eigenvalue weighted by atomic mass is 10.1. The summed E-state index contributed by atoms with van der Waals surface area (Å²) in [4.78, 5) is 27.1. The molecule has 1 aromatic carbocycles. The molecule has 32 heavy (non-hydrogen) atoms. The smallest absolute Gasteiger partial charge is 0.228 e. The first-order valence-electron chi connectivity index (χ1n) is 11.0. The molecule has 3 aromatic rings. The van der Waals surface area contributed by atoms with Gasteiger partial charge in [0, 0.05) is 29.4 Å². The number of carbonyl (C=O) groups is 2. The highest BCUT2D eigenvalue weighted by Crippen LogP contribution is 2.36. The summed E-state index contributed by atoms with van der Waals surface area (Å²) in [7, 11) is 0. The van der Waals surface area contributed by atoms with Crippen LogP contribution < -0.4 is 4.90 Å². The first-order valence-corrected chi connectivity index (χ1v) is 12.8. The Kier molecular flexibility index (Phi) is 6.81. The molecule has 8 heteroatoms. The molecular weight excluding hydrogens is 440 g/mol. The van der Waals surface area contributed by atoms with Crippen molar-refractivity contribution in [1.29, 1.82) is 0 Å². The lowest BCUT2D eigenvalue weighted by Crippen LogP contribution is -2.32. The normalized spacial score (nSPS) is 14.4. The summed E-state index contributed by atoms with van der Waals surface area (Å²) in [6.45, 7) is 8.08. The van der Waals surface area contributed by atoms with E-state index in [1.165, 1.54) is 28.7 Å². The summed E-state index contributed by atoms with van der Waals surface area (Å²) in [5.74, 6) is 0.454. The van der Waals surface area contributed by atoms with Gasteiger partial charge in [0.2, 0.25) is 11.0 Å². The molecule has 1 aliphatic rings. The zero-order chi connectivity index (χ0) is 22.8. The number of aryl methyl sites for hydroxylation is 1. The molecule has 2 heterocycles. The highest BCUT2D eigenvalue weighted by Gasteiger charge is 2.35. The molecule has 0 spiro atoms. The van der Waals surface area contributed by atoms with Crippen LogP contribution in [-0.2, 0) is 4.79 Å². The minimum absolute atomic E-state index is 0.0787. The Bertz CT molecular complexity index is 1120. The van der Waals surface area contributed by atoms with Gasteiger partial charge in [0.25, 0.3) is 0 Å². The molecule has 0 saturated heterocycles. The van der Waals surface area contributed by atoms with Gasteiger partial charge >= 0.3 is 0 Å². The molecule has 0 aliphatic heterocycles. The summed E-state index contributed by atoms with van der Waals surface area (Å²) in [5.41, 5.74) is 4.02. The summed E-state index contributed by atoms with van der Waals surface area (Å²) in [5, 5.41) is 9.09. The number of anilines is 1. The van der Waals surface area contributed by atoms with Crippen molar-refractivity contribution >= 4 is 39.9 Å². The van der Waals surface area contributed by atoms with Crippen LogP contribution in [0, 0.1) is 13.8 Å². The Balaban J connectivity index is 1.45. The predicted octanol–water partition coefficient (Wildman–Crippen LogP) is 5.45. The van der Waals surface area contributed by atoms with Crippen LogP contribution in [0.4, 0.5) is 5.13 Å². The molecule has 0 N–H and O–H groups in total. The third-order valence-electron chi connectivity index (χ3n) is 5.87. The second-order valence-corrected chi connectivity index (χ2v) is 10.3. The third kappa shape index (κ3) is 4.66. The van der Waals surface area contributed by atoms with E-state index in [1.807, 2.05) is 45.0 Å². The Morgan fingerprint density at radius 3 is 2.59 bits per heavy atom. The largest absolute Gasteiger partial charge is 0.341 e. The van der Waals surface area contributed by atoms with Gasteiger partial charge in [-0.3, -0.25) is 14.5 Å². The lowest BCUT2D eigenvalue weighted by Gasteiger charge is -2.19. The SMILES string of the molecule is CCC(=O)N(c1nnc(SCC(=O)c2cc(C)n([C@@H](C)c3ccccc3)c2C)s1)C1CC1. The lowest BCUT2D eigenvalue weighted by molar-refractivity contribution is -0.118. The van der Waals surface area contributed by atoms with E-state index < -0.39 is 0 Å². The van der Waals surface area contributed by atoms with E-state index >= 15 is 0 Å². The molecule has 4 rings (SSSR count). The van der Waals surface area contributed by atoms with Gasteiger partial charge in [-0.1, -0.05) is 60.4 Å². The highest BCUT2D eigenvalue weighted by molar-refractivity contribution is 8.01. The van der Waals surface area contributed by atoms with E-state index in [9.17, 15) is 9.59 Å². The third-order valence-corrected chi connectivity index (χ3v) is 7.92. The van der Waals surface area contributed by atoms with Crippen LogP contribution in [0.25, 0.3) is 0 Å². The molecule has 168 valence electrons. The zero-order valence-electron chi connectivity index (χ0n) is 18.9. The predicted molar refractivity (Wildman–Crippen MR) is 130 cm³/mol. The van der Waals surface area contributed by atoms with Crippen LogP contribution in [0.15, 0.2) is 40.7 Å². The zero-order valence-corrected chi connectivity index (χ0v) is 20.5. The fourth-order valence-electron chi connectivity index (χ4n) is 4.07. The van der Waals surface area contributed by atoms with Crippen molar-refractivity contribution in [2.45, 2.75) is 63.4 Å². The van der Waals surface area contributed by atoms with Crippen LogP contribution >= 0.6 is 23.1 Å². The Morgan fingerprint density at radius 2 is 1.94 bits per heavy atom. The van der Waals surface area contributed by atoms with Gasteiger partial charge in [-0.15, -0.1) is 10.2 Å². The van der Waals surface area contributed by atoms with Crippen molar-refractivity contribution in [3.05, 3.63) is 58.9 Å². The second-order valence-electron chi connectivity index (χ2n) is 8.15. The average molecular weight is 469 g/mol. The minimum Gasteiger partial charge on any atom is -0.341 e. The van der Waals surface area contributed by atoms with E-state index in [0.29, 0.717) is 17.3 Å². The van der Waals surface area contributed by atoms with Gasteiger partial charge in [0.05, 0.1) is 11.8 Å². The number of hydrogen-bond acceptors (Lipinski definition) is 6. The molecule has 0 radical (unpaired) electrons. The van der Waals surface area contributed by atoms with Crippen molar-refractivity contribution in [3.8, 4) is 0 Å². The van der Waals surface area contributed by atoms with Gasteiger partial charge in [0.1, 0.15) is 0 Å². The Labute approximate surface area is 197 Å². The van der Waals surface area contributed by atoms with Gasteiger partial charge in [-0.2, -0.15) is 0 Å². The van der Waals surface area contributed by atoms with Gasteiger partial charge < -0.3 is 4.57 Å². The number of benzene rings is 1. The molecule has 2 aromatic heterocycles. The van der Waals surface area contributed by atoms with Gasteiger partial charge in [0.15, 0.2) is 10.1 Å². The maximum Gasteiger partial charge on any atom is 0.228 e. The fraction of sp³-hybridized carbons (Fsp3) is 0.417. The number of aromatic nitrogens is 3. The highest BCUT2D eigenvalue weighted by atomic mass is 32.2. The van der Waals surface area contributed by atoms with Crippen LogP contribution in [0.1, 0.15) is 66.5 Å². The molecule has 0 bridgehead atoms. The number of thioether (sulfide) groups is 1. The second kappa shape index (κ2) is 9.58. The Morgan fingerprint density at radius 1 is 1.22 bits per heavy atom. The van der Waals surface area contributed by atoms with E-state index in [0.717, 1.165) is 34.1 Å². The Hall–Kier alpha value is -2.45. The molecule has 1 fully saturated rings.